The van der Waals surface area contributed by atoms with Crippen LogP contribution in [0.4, 0.5) is 21.9 Å². The number of nitrogens with zero attached hydrogens (tertiary/aromatic N) is 3. The number of aryl methyl sites for hydroxylation is 2. The summed E-state index contributed by atoms with van der Waals surface area (Å²) in [5.74, 6) is 0. The number of amides is 2. The molecule has 1 aromatic heterocycles. The van der Waals surface area contributed by atoms with Crippen LogP contribution in [-0.2, 0) is 14.1 Å². The van der Waals surface area contributed by atoms with Gasteiger partial charge in [-0.1, -0.05) is 6.07 Å². The Morgan fingerprint density at radius 1 is 1.00 bits per heavy atom. The van der Waals surface area contributed by atoms with Crippen molar-refractivity contribution in [3.05, 3.63) is 46.9 Å². The summed E-state index contributed by atoms with van der Waals surface area (Å²) in [6, 6.07) is 11.3. The minimum atomic E-state index is -0.302. The number of nitrogens with one attached hydrogen (secondary N) is 2. The molecule has 2 N–H and O–H groups in total. The van der Waals surface area contributed by atoms with E-state index in [-0.39, 0.29) is 11.7 Å². The zero-order valence-electron chi connectivity index (χ0n) is 16.9. The van der Waals surface area contributed by atoms with Crippen LogP contribution in [-0.4, -0.2) is 34.5 Å². The second-order valence-electron chi connectivity index (χ2n) is 7.26. The number of imidazole rings is 1. The number of aromatic nitrogens is 2. The van der Waals surface area contributed by atoms with Crippen LogP contribution in [0.3, 0.4) is 0 Å². The highest BCUT2D eigenvalue weighted by Gasteiger charge is 2.20. The number of benzene rings is 2. The van der Waals surface area contributed by atoms with Gasteiger partial charge in [0.1, 0.15) is 0 Å². The fourth-order valence-corrected chi connectivity index (χ4v) is 4.30. The van der Waals surface area contributed by atoms with Crippen molar-refractivity contribution in [1.29, 1.82) is 0 Å². The first kappa shape index (κ1) is 19.4. The second kappa shape index (κ2) is 7.87. The number of urea groups is 1. The zero-order chi connectivity index (χ0) is 20.5. The Bertz CT molecular complexity index is 1130. The number of fused-ring (bicyclic) bond motifs is 1. The molecule has 8 heteroatoms. The van der Waals surface area contributed by atoms with E-state index in [0.29, 0.717) is 5.69 Å². The number of thioether (sulfide) groups is 1. The molecule has 0 saturated carbocycles. The molecule has 3 aromatic rings. The van der Waals surface area contributed by atoms with E-state index >= 15 is 0 Å². The first-order valence-corrected chi connectivity index (χ1v) is 10.9. The van der Waals surface area contributed by atoms with Crippen LogP contribution in [0.25, 0.3) is 11.0 Å². The average Bonchev–Trinajstić information content (AvgIpc) is 3.32. The van der Waals surface area contributed by atoms with E-state index in [1.807, 2.05) is 42.7 Å². The van der Waals surface area contributed by atoms with Crippen molar-refractivity contribution < 1.29 is 4.79 Å². The Morgan fingerprint density at radius 2 is 1.69 bits per heavy atom. The molecule has 0 radical (unpaired) electrons. The second-order valence-corrected chi connectivity index (χ2v) is 8.14. The third-order valence-corrected chi connectivity index (χ3v) is 6.14. The lowest BCUT2D eigenvalue weighted by molar-refractivity contribution is 0.262. The van der Waals surface area contributed by atoms with Crippen LogP contribution < -0.4 is 21.2 Å². The standard InChI is InChI=1S/C21H25N5O2S/c1-24-18-12-16(23-20(27)22-14-7-6-8-15(11-14)29-3)17(26-9-4-5-10-26)13-19(18)25(2)21(24)28/h6-8,11-13H,4-5,9-10H2,1-3H3,(H2,22,23,27). The molecule has 0 spiro atoms. The highest BCUT2D eigenvalue weighted by Crippen LogP contribution is 2.33. The SMILES string of the molecule is CSc1cccc(NC(=O)Nc2cc3c(cc2N2CCCC2)n(C)c(=O)n3C)c1. The largest absolute Gasteiger partial charge is 0.370 e. The van der Waals surface area contributed by atoms with Gasteiger partial charge in [-0.2, -0.15) is 0 Å². The summed E-state index contributed by atoms with van der Waals surface area (Å²) < 4.78 is 3.25. The van der Waals surface area contributed by atoms with Crippen molar-refractivity contribution in [2.45, 2.75) is 17.7 Å². The van der Waals surface area contributed by atoms with E-state index in [0.717, 1.165) is 53.2 Å². The number of rotatable bonds is 4. The molecule has 0 atom stereocenters. The smallest absolute Gasteiger partial charge is 0.328 e. The van der Waals surface area contributed by atoms with Crippen molar-refractivity contribution in [3.8, 4) is 0 Å². The van der Waals surface area contributed by atoms with E-state index in [4.69, 9.17) is 0 Å². The fraction of sp³-hybridized carbons (Fsp3) is 0.333. The van der Waals surface area contributed by atoms with Crippen LogP contribution in [0.1, 0.15) is 12.8 Å². The molecule has 0 unspecified atom stereocenters. The fourth-order valence-electron chi connectivity index (χ4n) is 3.84. The lowest BCUT2D eigenvalue weighted by Crippen LogP contribution is -2.24. The summed E-state index contributed by atoms with van der Waals surface area (Å²) >= 11 is 1.63. The van der Waals surface area contributed by atoms with Gasteiger partial charge in [-0.25, -0.2) is 9.59 Å². The molecule has 0 aliphatic carbocycles. The lowest BCUT2D eigenvalue weighted by atomic mass is 10.2. The normalized spacial score (nSPS) is 13.8. The number of hydrogen-bond acceptors (Lipinski definition) is 4. The predicted octanol–water partition coefficient (Wildman–Crippen LogP) is 3.84. The minimum Gasteiger partial charge on any atom is -0.370 e. The van der Waals surface area contributed by atoms with Crippen molar-refractivity contribution in [1.82, 2.24) is 9.13 Å². The Hall–Kier alpha value is -2.87. The molecule has 7 nitrogen and oxygen atoms in total. The van der Waals surface area contributed by atoms with Gasteiger partial charge in [0, 0.05) is 37.8 Å². The lowest BCUT2D eigenvalue weighted by Gasteiger charge is -2.22. The first-order chi connectivity index (χ1) is 14.0. The molecule has 0 bridgehead atoms. The number of carbonyl (C=O) groups is 1. The molecule has 1 aliphatic heterocycles. The highest BCUT2D eigenvalue weighted by atomic mass is 32.2. The molecular weight excluding hydrogens is 386 g/mol. The third-order valence-electron chi connectivity index (χ3n) is 5.41. The van der Waals surface area contributed by atoms with Crippen molar-refractivity contribution >= 4 is 45.9 Å². The highest BCUT2D eigenvalue weighted by molar-refractivity contribution is 7.98. The average molecular weight is 412 g/mol. The van der Waals surface area contributed by atoms with E-state index in [2.05, 4.69) is 15.5 Å². The van der Waals surface area contributed by atoms with Crippen LogP contribution in [0.5, 0.6) is 0 Å². The monoisotopic (exact) mass is 411 g/mol. The molecule has 1 saturated heterocycles. The minimum absolute atomic E-state index is 0.0807. The molecule has 152 valence electrons. The van der Waals surface area contributed by atoms with Gasteiger partial charge in [-0.15, -0.1) is 11.8 Å². The Balaban J connectivity index is 1.69. The summed E-state index contributed by atoms with van der Waals surface area (Å²) in [7, 11) is 3.52. The summed E-state index contributed by atoms with van der Waals surface area (Å²) in [5.41, 5.74) is 3.97. The third kappa shape index (κ3) is 3.72. The Labute approximate surface area is 173 Å². The van der Waals surface area contributed by atoms with E-state index in [9.17, 15) is 9.59 Å². The van der Waals surface area contributed by atoms with E-state index in [1.54, 1.807) is 35.0 Å². The summed E-state index contributed by atoms with van der Waals surface area (Å²) in [6.07, 6.45) is 4.25. The van der Waals surface area contributed by atoms with Crippen molar-refractivity contribution in [3.63, 3.8) is 0 Å². The quantitative estimate of drug-likeness (QED) is 0.640. The Kier molecular flexibility index (Phi) is 5.27. The van der Waals surface area contributed by atoms with Gasteiger partial charge in [0.15, 0.2) is 0 Å². The predicted molar refractivity (Wildman–Crippen MR) is 120 cm³/mol. The zero-order valence-corrected chi connectivity index (χ0v) is 17.7. The topological polar surface area (TPSA) is 71.3 Å². The number of hydrogen-bond donors (Lipinski definition) is 2. The van der Waals surface area contributed by atoms with Crippen LogP contribution in [0, 0.1) is 0 Å². The molecule has 2 aromatic carbocycles. The van der Waals surface area contributed by atoms with E-state index < -0.39 is 0 Å². The van der Waals surface area contributed by atoms with Gasteiger partial charge in [0.05, 0.1) is 22.4 Å². The van der Waals surface area contributed by atoms with Gasteiger partial charge < -0.3 is 15.5 Å². The molecule has 4 rings (SSSR count). The summed E-state index contributed by atoms with van der Waals surface area (Å²) in [4.78, 5) is 28.4. The molecule has 2 heterocycles. The van der Waals surface area contributed by atoms with Crippen LogP contribution >= 0.6 is 11.8 Å². The van der Waals surface area contributed by atoms with Crippen molar-refractivity contribution in [2.24, 2.45) is 14.1 Å². The molecule has 2 amide bonds. The molecule has 1 aliphatic rings. The maximum Gasteiger partial charge on any atom is 0.328 e. The van der Waals surface area contributed by atoms with Gasteiger partial charge in [0.25, 0.3) is 0 Å². The number of anilines is 3. The molecule has 1 fully saturated rings. The van der Waals surface area contributed by atoms with E-state index in [1.165, 1.54) is 0 Å². The van der Waals surface area contributed by atoms with Gasteiger partial charge in [-0.3, -0.25) is 9.13 Å². The Morgan fingerprint density at radius 3 is 2.38 bits per heavy atom. The maximum atomic E-state index is 12.7. The van der Waals surface area contributed by atoms with Crippen molar-refractivity contribution in [2.75, 3.05) is 34.9 Å². The first-order valence-electron chi connectivity index (χ1n) is 9.64. The molecular formula is C21H25N5O2S. The molecule has 29 heavy (non-hydrogen) atoms. The van der Waals surface area contributed by atoms with Gasteiger partial charge in [0.2, 0.25) is 0 Å². The van der Waals surface area contributed by atoms with Gasteiger partial charge >= 0.3 is 11.7 Å². The van der Waals surface area contributed by atoms with Crippen LogP contribution in [0.15, 0.2) is 46.1 Å². The van der Waals surface area contributed by atoms with Gasteiger partial charge in [-0.05, 0) is 49.4 Å². The van der Waals surface area contributed by atoms with Crippen LogP contribution in [0.2, 0.25) is 0 Å². The number of carbonyl (C=O) groups excluding carboxylic acids is 1. The maximum absolute atomic E-state index is 12.7. The summed E-state index contributed by atoms with van der Waals surface area (Å²) in [5, 5.41) is 5.90. The summed E-state index contributed by atoms with van der Waals surface area (Å²) in [6.45, 7) is 1.89.